The molecular formula is C20H13NO5. The number of benzene rings is 3. The number of hydrogen-bond acceptors (Lipinski definition) is 5. The minimum Gasteiger partial charge on any atom is -0.506 e. The summed E-state index contributed by atoms with van der Waals surface area (Å²) in [7, 11) is 0. The molecule has 3 aromatic rings. The number of nitrogens with zero attached hydrogens (tertiary/aromatic N) is 1. The summed E-state index contributed by atoms with van der Waals surface area (Å²) in [6.07, 6.45) is 0. The van der Waals surface area contributed by atoms with Gasteiger partial charge in [0, 0.05) is 5.39 Å². The van der Waals surface area contributed by atoms with Crippen molar-refractivity contribution in [1.29, 1.82) is 0 Å². The first-order valence-corrected chi connectivity index (χ1v) is 7.91. The van der Waals surface area contributed by atoms with Crippen molar-refractivity contribution in [2.75, 3.05) is 6.73 Å². The summed E-state index contributed by atoms with van der Waals surface area (Å²) < 4.78 is 5.10. The zero-order valence-corrected chi connectivity index (χ0v) is 13.5. The minimum absolute atomic E-state index is 0.0275. The maximum atomic E-state index is 12.3. The normalized spacial score (nSPS) is 13.2. The molecule has 3 aromatic carbocycles. The van der Waals surface area contributed by atoms with E-state index in [1.165, 1.54) is 6.07 Å². The average Bonchev–Trinajstić information content (AvgIpc) is 2.91. The molecule has 0 spiro atoms. The number of aromatic hydroxyl groups is 1. The van der Waals surface area contributed by atoms with Gasteiger partial charge < -0.3 is 9.84 Å². The van der Waals surface area contributed by atoms with Crippen molar-refractivity contribution in [3.8, 4) is 5.75 Å². The molecule has 0 radical (unpaired) electrons. The second-order valence-corrected chi connectivity index (χ2v) is 5.83. The number of amides is 2. The summed E-state index contributed by atoms with van der Waals surface area (Å²) in [6.45, 7) is -0.516. The van der Waals surface area contributed by atoms with E-state index < -0.39 is 24.5 Å². The molecule has 6 heteroatoms. The summed E-state index contributed by atoms with van der Waals surface area (Å²) in [6, 6.07) is 16.6. The summed E-state index contributed by atoms with van der Waals surface area (Å²) in [4.78, 5) is 37.7. The molecule has 1 N–H and O–H groups in total. The smallest absolute Gasteiger partial charge is 0.343 e. The summed E-state index contributed by atoms with van der Waals surface area (Å²) in [5.41, 5.74) is 0.532. The van der Waals surface area contributed by atoms with Gasteiger partial charge in [-0.15, -0.1) is 0 Å². The van der Waals surface area contributed by atoms with Gasteiger partial charge in [-0.1, -0.05) is 42.5 Å². The Kier molecular flexibility index (Phi) is 3.65. The summed E-state index contributed by atoms with van der Waals surface area (Å²) >= 11 is 0. The number of phenolic OH excluding ortho intramolecular Hbond substituents is 1. The SMILES string of the molecule is O=C(OCN1C(=O)c2ccccc2C1=O)c1ccc2ccccc2c1O. The molecule has 2 amide bonds. The van der Waals surface area contributed by atoms with Gasteiger partial charge in [0.15, 0.2) is 6.73 Å². The van der Waals surface area contributed by atoms with Crippen LogP contribution in [0.2, 0.25) is 0 Å². The first-order chi connectivity index (χ1) is 12.6. The number of hydrogen-bond donors (Lipinski definition) is 1. The standard InChI is InChI=1S/C20H13NO5/c22-17-13-6-2-1-5-12(13)9-10-16(17)20(25)26-11-21-18(23)14-7-3-4-8-15(14)19(21)24/h1-10,22H,11H2. The van der Waals surface area contributed by atoms with Crippen molar-refractivity contribution in [2.45, 2.75) is 0 Å². The molecule has 0 saturated heterocycles. The maximum absolute atomic E-state index is 12.3. The molecule has 1 aliphatic rings. The van der Waals surface area contributed by atoms with Crippen LogP contribution in [0.1, 0.15) is 31.1 Å². The van der Waals surface area contributed by atoms with E-state index in [0.29, 0.717) is 5.39 Å². The highest BCUT2D eigenvalue weighted by Crippen LogP contribution is 2.29. The number of phenols is 1. The fourth-order valence-corrected chi connectivity index (χ4v) is 2.98. The minimum atomic E-state index is -0.815. The lowest BCUT2D eigenvalue weighted by Crippen LogP contribution is -2.33. The van der Waals surface area contributed by atoms with Gasteiger partial charge in [-0.25, -0.2) is 9.69 Å². The number of fused-ring (bicyclic) bond motifs is 2. The number of esters is 1. The molecule has 0 unspecified atom stereocenters. The molecule has 6 nitrogen and oxygen atoms in total. The third-order valence-corrected chi connectivity index (χ3v) is 4.32. The van der Waals surface area contributed by atoms with Crippen molar-refractivity contribution in [1.82, 2.24) is 4.90 Å². The van der Waals surface area contributed by atoms with Gasteiger partial charge in [0.2, 0.25) is 0 Å². The van der Waals surface area contributed by atoms with E-state index in [0.717, 1.165) is 10.3 Å². The number of rotatable bonds is 3. The lowest BCUT2D eigenvalue weighted by molar-refractivity contribution is 0.0226. The third kappa shape index (κ3) is 2.39. The van der Waals surface area contributed by atoms with Crippen LogP contribution in [-0.2, 0) is 4.74 Å². The van der Waals surface area contributed by atoms with E-state index in [1.54, 1.807) is 42.5 Å². The summed E-state index contributed by atoms with van der Waals surface area (Å²) in [5.74, 6) is -2.04. The Hall–Kier alpha value is -3.67. The predicted octanol–water partition coefficient (Wildman–Crippen LogP) is 2.96. The van der Waals surface area contributed by atoms with Gasteiger partial charge >= 0.3 is 5.97 Å². The molecule has 0 aliphatic carbocycles. The zero-order valence-electron chi connectivity index (χ0n) is 13.5. The Morgan fingerprint density at radius 3 is 2.19 bits per heavy atom. The molecule has 0 atom stereocenters. The highest BCUT2D eigenvalue weighted by molar-refractivity contribution is 6.21. The fourth-order valence-electron chi connectivity index (χ4n) is 2.98. The van der Waals surface area contributed by atoms with Crippen LogP contribution in [0.3, 0.4) is 0 Å². The molecule has 1 heterocycles. The predicted molar refractivity (Wildman–Crippen MR) is 92.8 cm³/mol. The van der Waals surface area contributed by atoms with E-state index in [2.05, 4.69) is 0 Å². The first kappa shape index (κ1) is 15.8. The van der Waals surface area contributed by atoms with E-state index in [4.69, 9.17) is 4.74 Å². The monoisotopic (exact) mass is 347 g/mol. The molecule has 26 heavy (non-hydrogen) atoms. The Morgan fingerprint density at radius 2 is 1.50 bits per heavy atom. The molecule has 0 fully saturated rings. The molecule has 0 aromatic heterocycles. The van der Waals surface area contributed by atoms with Crippen LogP contribution in [0.15, 0.2) is 60.7 Å². The van der Waals surface area contributed by atoms with Crippen LogP contribution in [0, 0.1) is 0 Å². The Morgan fingerprint density at radius 1 is 0.885 bits per heavy atom. The van der Waals surface area contributed by atoms with Gasteiger partial charge in [-0.3, -0.25) is 9.59 Å². The second kappa shape index (κ2) is 6.00. The number of carbonyl (C=O) groups is 3. The van der Waals surface area contributed by atoms with Crippen LogP contribution >= 0.6 is 0 Å². The van der Waals surface area contributed by atoms with Crippen LogP contribution in [-0.4, -0.2) is 34.5 Å². The van der Waals surface area contributed by atoms with E-state index in [9.17, 15) is 19.5 Å². The fraction of sp³-hybridized carbons (Fsp3) is 0.0500. The second-order valence-electron chi connectivity index (χ2n) is 5.83. The Labute approximate surface area is 148 Å². The van der Waals surface area contributed by atoms with Crippen LogP contribution in [0.4, 0.5) is 0 Å². The lowest BCUT2D eigenvalue weighted by Gasteiger charge is -2.14. The highest BCUT2D eigenvalue weighted by atomic mass is 16.5. The van der Waals surface area contributed by atoms with Crippen molar-refractivity contribution < 1.29 is 24.2 Å². The quantitative estimate of drug-likeness (QED) is 0.582. The van der Waals surface area contributed by atoms with Gasteiger partial charge in [0.05, 0.1) is 11.1 Å². The number of carbonyl (C=O) groups excluding carboxylic acids is 3. The average molecular weight is 347 g/mol. The molecule has 0 saturated carbocycles. The molecule has 1 aliphatic heterocycles. The zero-order chi connectivity index (χ0) is 18.3. The van der Waals surface area contributed by atoms with Crippen molar-refractivity contribution in [3.05, 3.63) is 77.4 Å². The van der Waals surface area contributed by atoms with Crippen molar-refractivity contribution in [3.63, 3.8) is 0 Å². The van der Waals surface area contributed by atoms with Crippen molar-refractivity contribution >= 4 is 28.6 Å². The topological polar surface area (TPSA) is 83.9 Å². The van der Waals surface area contributed by atoms with E-state index in [1.807, 2.05) is 12.1 Å². The van der Waals surface area contributed by atoms with Crippen molar-refractivity contribution in [2.24, 2.45) is 0 Å². The molecule has 0 bridgehead atoms. The Bertz CT molecular complexity index is 1040. The number of imide groups is 1. The van der Waals surface area contributed by atoms with Gasteiger partial charge in [0.1, 0.15) is 11.3 Å². The highest BCUT2D eigenvalue weighted by Gasteiger charge is 2.36. The van der Waals surface area contributed by atoms with Gasteiger partial charge in [0.25, 0.3) is 11.8 Å². The molecule has 128 valence electrons. The van der Waals surface area contributed by atoms with Crippen LogP contribution in [0.25, 0.3) is 10.8 Å². The first-order valence-electron chi connectivity index (χ1n) is 7.91. The van der Waals surface area contributed by atoms with E-state index in [-0.39, 0.29) is 22.4 Å². The van der Waals surface area contributed by atoms with Crippen LogP contribution in [0.5, 0.6) is 5.75 Å². The number of ether oxygens (including phenoxy) is 1. The lowest BCUT2D eigenvalue weighted by atomic mass is 10.1. The van der Waals surface area contributed by atoms with Gasteiger partial charge in [-0.2, -0.15) is 0 Å². The summed E-state index contributed by atoms with van der Waals surface area (Å²) in [5, 5.41) is 11.6. The molecule has 4 rings (SSSR count). The third-order valence-electron chi connectivity index (χ3n) is 4.32. The van der Waals surface area contributed by atoms with Gasteiger partial charge in [-0.05, 0) is 23.6 Å². The Balaban J connectivity index is 1.54. The largest absolute Gasteiger partial charge is 0.506 e. The van der Waals surface area contributed by atoms with Crippen LogP contribution < -0.4 is 0 Å². The van der Waals surface area contributed by atoms with E-state index >= 15 is 0 Å². The molecular weight excluding hydrogens is 334 g/mol. The maximum Gasteiger partial charge on any atom is 0.343 e.